The van der Waals surface area contributed by atoms with Gasteiger partial charge in [0.25, 0.3) is 0 Å². The van der Waals surface area contributed by atoms with Crippen LogP contribution in [0.4, 0.5) is 0 Å². The summed E-state index contributed by atoms with van der Waals surface area (Å²) in [4.78, 5) is 10.3. The number of unbranched alkanes of at least 4 members (excludes halogenated alkanes) is 14. The maximum atomic E-state index is 10.3. The lowest BCUT2D eigenvalue weighted by atomic mass is 9.80. The molecule has 0 radical (unpaired) electrons. The monoisotopic (exact) mass is 490 g/mol. The summed E-state index contributed by atoms with van der Waals surface area (Å²) in [5, 5.41) is 18.8. The first-order valence-corrected chi connectivity index (χ1v) is 14.5. The largest absolute Gasteiger partial charge is 0.507 e. The number of aliphatic carboxylic acids is 1. The number of phenols is 1. The number of hydrogen-bond acceptors (Lipinski definition) is 2. The molecule has 0 aliphatic heterocycles. The fraction of sp³-hybridized carbons (Fsp3) is 0.781. The molecular weight excluding hydrogens is 432 g/mol. The van der Waals surface area contributed by atoms with Gasteiger partial charge in [-0.25, -0.2) is 0 Å². The second-order valence-corrected chi connectivity index (χ2v) is 12.3. The molecular formula is C32H58O3. The Morgan fingerprint density at radius 2 is 0.943 bits per heavy atom. The van der Waals surface area contributed by atoms with Gasteiger partial charge in [-0.05, 0) is 28.4 Å². The first-order chi connectivity index (χ1) is 16.4. The molecule has 2 N–H and O–H groups in total. The Morgan fingerprint density at radius 1 is 0.629 bits per heavy atom. The van der Waals surface area contributed by atoms with Gasteiger partial charge in [-0.3, -0.25) is 4.79 Å². The molecule has 35 heavy (non-hydrogen) atoms. The molecule has 0 unspecified atom stereocenters. The van der Waals surface area contributed by atoms with Crippen LogP contribution in [0, 0.1) is 0 Å². The summed E-state index contributed by atoms with van der Waals surface area (Å²) in [6.45, 7) is 15.0. The van der Waals surface area contributed by atoms with Crippen LogP contribution in [0.2, 0.25) is 0 Å². The Balaban J connectivity index is 0.000000686. The van der Waals surface area contributed by atoms with Gasteiger partial charge in [0.15, 0.2) is 0 Å². The number of phenolic OH excluding ortho intramolecular Hbond substituents is 1. The number of para-hydroxylation sites is 1. The quantitative estimate of drug-likeness (QED) is 0.227. The number of hydrogen-bond donors (Lipinski definition) is 2. The van der Waals surface area contributed by atoms with Crippen LogP contribution in [-0.4, -0.2) is 16.2 Å². The van der Waals surface area contributed by atoms with E-state index in [1.54, 1.807) is 0 Å². The predicted molar refractivity (Wildman–Crippen MR) is 153 cm³/mol. The molecule has 1 aromatic carbocycles. The second-order valence-electron chi connectivity index (χ2n) is 12.3. The zero-order valence-corrected chi connectivity index (χ0v) is 24.3. The Labute approximate surface area is 218 Å². The SMILES string of the molecule is CC(C)(C)c1cccc(C(C)(C)C)c1O.CCCCCCCCCCCCCCCCCC(=O)O. The molecule has 0 heterocycles. The minimum Gasteiger partial charge on any atom is -0.507 e. The predicted octanol–water partition coefficient (Wildman–Crippen LogP) is 10.3. The van der Waals surface area contributed by atoms with Gasteiger partial charge in [-0.2, -0.15) is 0 Å². The molecule has 0 aromatic heterocycles. The van der Waals surface area contributed by atoms with Crippen LogP contribution in [0.15, 0.2) is 18.2 Å². The van der Waals surface area contributed by atoms with Crippen LogP contribution >= 0.6 is 0 Å². The molecule has 0 spiro atoms. The third-order valence-electron chi connectivity index (χ3n) is 6.65. The van der Waals surface area contributed by atoms with E-state index in [4.69, 9.17) is 5.11 Å². The van der Waals surface area contributed by atoms with Crippen molar-refractivity contribution in [3.8, 4) is 5.75 Å². The lowest BCUT2D eigenvalue weighted by molar-refractivity contribution is -0.137. The highest BCUT2D eigenvalue weighted by molar-refractivity contribution is 5.66. The average molecular weight is 491 g/mol. The molecule has 1 aromatic rings. The summed E-state index contributed by atoms with van der Waals surface area (Å²) in [5.74, 6) is -0.197. The number of carboxylic acids is 1. The Kier molecular flexibility index (Phi) is 17.9. The molecule has 0 aliphatic rings. The summed E-state index contributed by atoms with van der Waals surface area (Å²) in [5.41, 5.74) is 2.03. The van der Waals surface area contributed by atoms with E-state index < -0.39 is 5.97 Å². The zero-order valence-electron chi connectivity index (χ0n) is 24.3. The maximum absolute atomic E-state index is 10.3. The highest BCUT2D eigenvalue weighted by atomic mass is 16.4. The van der Waals surface area contributed by atoms with Gasteiger partial charge in [-0.15, -0.1) is 0 Å². The van der Waals surface area contributed by atoms with Crippen molar-refractivity contribution in [2.75, 3.05) is 0 Å². The summed E-state index contributed by atoms with van der Waals surface area (Å²) in [6.07, 6.45) is 20.2. The van der Waals surface area contributed by atoms with Crippen LogP contribution in [-0.2, 0) is 15.6 Å². The molecule has 0 saturated carbocycles. The molecule has 1 rings (SSSR count). The minimum atomic E-state index is -0.653. The van der Waals surface area contributed by atoms with Crippen LogP contribution in [0.1, 0.15) is 162 Å². The van der Waals surface area contributed by atoms with Gasteiger partial charge >= 0.3 is 5.97 Å². The highest BCUT2D eigenvalue weighted by Crippen LogP contribution is 2.38. The molecule has 0 atom stereocenters. The maximum Gasteiger partial charge on any atom is 0.303 e. The molecule has 0 amide bonds. The van der Waals surface area contributed by atoms with Crippen LogP contribution < -0.4 is 0 Å². The summed E-state index contributed by atoms with van der Waals surface area (Å²) < 4.78 is 0. The third kappa shape index (κ3) is 17.5. The molecule has 0 bridgehead atoms. The van der Waals surface area contributed by atoms with Crippen molar-refractivity contribution in [2.45, 2.75) is 162 Å². The summed E-state index contributed by atoms with van der Waals surface area (Å²) >= 11 is 0. The van der Waals surface area contributed by atoms with Crippen molar-refractivity contribution in [1.82, 2.24) is 0 Å². The molecule has 3 nitrogen and oxygen atoms in total. The fourth-order valence-electron chi connectivity index (χ4n) is 4.40. The van der Waals surface area contributed by atoms with Crippen LogP contribution in [0.5, 0.6) is 5.75 Å². The van der Waals surface area contributed by atoms with Crippen LogP contribution in [0.3, 0.4) is 0 Å². The lowest BCUT2D eigenvalue weighted by Gasteiger charge is -2.26. The standard InChI is InChI=1S/C18H36O2.C14H22O/c1-2-3-4-5-6-7-8-9-10-11-12-13-14-15-16-17-18(19)20;1-13(2,3)10-8-7-9-11(12(10)15)14(4,5)6/h2-17H2,1H3,(H,19,20);7-9,15H,1-6H3. The van der Waals surface area contributed by atoms with E-state index in [0.29, 0.717) is 12.2 Å². The van der Waals surface area contributed by atoms with Crippen molar-refractivity contribution >= 4 is 5.97 Å². The molecule has 204 valence electrons. The van der Waals surface area contributed by atoms with E-state index in [1.807, 2.05) is 18.2 Å². The second kappa shape index (κ2) is 18.7. The first-order valence-electron chi connectivity index (χ1n) is 14.5. The normalized spacial score (nSPS) is 11.7. The van der Waals surface area contributed by atoms with E-state index in [2.05, 4.69) is 48.5 Å². The van der Waals surface area contributed by atoms with E-state index in [0.717, 1.165) is 24.0 Å². The van der Waals surface area contributed by atoms with E-state index in [9.17, 15) is 9.90 Å². The molecule has 0 fully saturated rings. The van der Waals surface area contributed by atoms with Crippen LogP contribution in [0.25, 0.3) is 0 Å². The van der Waals surface area contributed by atoms with Crippen molar-refractivity contribution in [1.29, 1.82) is 0 Å². The van der Waals surface area contributed by atoms with Gasteiger partial charge in [-0.1, -0.05) is 157 Å². The fourth-order valence-corrected chi connectivity index (χ4v) is 4.40. The zero-order chi connectivity index (χ0) is 26.7. The van der Waals surface area contributed by atoms with Crippen molar-refractivity contribution in [2.24, 2.45) is 0 Å². The van der Waals surface area contributed by atoms with Gasteiger partial charge < -0.3 is 10.2 Å². The van der Waals surface area contributed by atoms with Gasteiger partial charge in [0.1, 0.15) is 5.75 Å². The minimum absolute atomic E-state index is 0.00859. The van der Waals surface area contributed by atoms with E-state index >= 15 is 0 Å². The van der Waals surface area contributed by atoms with Crippen molar-refractivity contribution in [3.05, 3.63) is 29.3 Å². The van der Waals surface area contributed by atoms with Gasteiger partial charge in [0, 0.05) is 6.42 Å². The number of carbonyl (C=O) groups is 1. The van der Waals surface area contributed by atoms with Crippen molar-refractivity contribution < 1.29 is 15.0 Å². The van der Waals surface area contributed by atoms with Gasteiger partial charge in [0.2, 0.25) is 0 Å². The third-order valence-corrected chi connectivity index (χ3v) is 6.65. The number of rotatable bonds is 16. The summed E-state index contributed by atoms with van der Waals surface area (Å²) in [7, 11) is 0. The topological polar surface area (TPSA) is 57.5 Å². The molecule has 3 heteroatoms. The Morgan fingerprint density at radius 3 is 1.23 bits per heavy atom. The molecule has 0 saturated heterocycles. The molecule has 0 aliphatic carbocycles. The van der Waals surface area contributed by atoms with E-state index in [-0.39, 0.29) is 10.8 Å². The Bertz CT molecular complexity index is 632. The summed E-state index contributed by atoms with van der Waals surface area (Å²) in [6, 6.07) is 6.04. The average Bonchev–Trinajstić information content (AvgIpc) is 2.75. The van der Waals surface area contributed by atoms with Gasteiger partial charge in [0.05, 0.1) is 0 Å². The smallest absolute Gasteiger partial charge is 0.303 e. The van der Waals surface area contributed by atoms with E-state index in [1.165, 1.54) is 83.5 Å². The first kappa shape index (κ1) is 33.5. The Hall–Kier alpha value is -1.51. The number of benzene rings is 1. The number of aromatic hydroxyl groups is 1. The number of carboxylic acid groups (broad SMARTS) is 1. The highest BCUT2D eigenvalue weighted by Gasteiger charge is 2.24. The lowest BCUT2D eigenvalue weighted by Crippen LogP contribution is -2.16. The van der Waals surface area contributed by atoms with Crippen molar-refractivity contribution in [3.63, 3.8) is 0 Å².